The predicted octanol–water partition coefficient (Wildman–Crippen LogP) is -0.436. The van der Waals surface area contributed by atoms with Crippen LogP contribution in [-0.2, 0) is 18.9 Å². The van der Waals surface area contributed by atoms with Gasteiger partial charge < -0.3 is 68.6 Å². The van der Waals surface area contributed by atoms with Gasteiger partial charge in [-0.25, -0.2) is 0 Å². The molecule has 0 amide bonds. The van der Waals surface area contributed by atoms with Crippen molar-refractivity contribution in [2.24, 2.45) is 5.92 Å². The van der Waals surface area contributed by atoms with E-state index < -0.39 is 78.5 Å². The van der Waals surface area contributed by atoms with E-state index in [0.29, 0.717) is 5.56 Å². The van der Waals surface area contributed by atoms with E-state index >= 15 is 0 Å². The van der Waals surface area contributed by atoms with Crippen molar-refractivity contribution < 1.29 is 68.6 Å². The molecule has 0 spiro atoms. The summed E-state index contributed by atoms with van der Waals surface area (Å²) < 4.78 is 39.6. The van der Waals surface area contributed by atoms with Crippen LogP contribution in [-0.4, -0.2) is 117 Å². The number of benzene rings is 2. The van der Waals surface area contributed by atoms with Crippen molar-refractivity contribution in [3.8, 4) is 34.3 Å². The topological polar surface area (TPSA) is 227 Å². The minimum Gasteiger partial charge on any atom is -0.507 e. The molecule has 6 rings (SSSR count). The summed E-state index contributed by atoms with van der Waals surface area (Å²) in [4.78, 5) is 12.9. The van der Waals surface area contributed by atoms with Crippen molar-refractivity contribution in [3.05, 3.63) is 46.6 Å². The lowest BCUT2D eigenvalue weighted by Gasteiger charge is -2.42. The number of fused-ring (bicyclic) bond motifs is 2. The number of phenols is 2. The number of hydrogen-bond acceptors (Lipinski definition) is 15. The Morgan fingerprint density at radius 3 is 2.31 bits per heavy atom. The monoisotopic (exact) mass is 634 g/mol. The molecule has 3 saturated heterocycles. The maximum absolute atomic E-state index is 12.9. The van der Waals surface area contributed by atoms with E-state index in [-0.39, 0.29) is 47.2 Å². The second-order valence-electron chi connectivity index (χ2n) is 11.3. The predicted molar refractivity (Wildman–Crippen MR) is 151 cm³/mol. The SMILES string of the molecule is COc1ccc(-c2cc(=O)c3c(O)cc(OC4OC(COC5OC(C)C(O)C(O)C5O)C5OCC5C(O)C4O)cc3o2)cc1O. The number of rotatable bonds is 7. The number of hydrogen-bond donors (Lipinski definition) is 7. The van der Waals surface area contributed by atoms with Gasteiger partial charge in [0.25, 0.3) is 0 Å². The zero-order valence-corrected chi connectivity index (χ0v) is 24.1. The van der Waals surface area contributed by atoms with Crippen molar-refractivity contribution in [3.63, 3.8) is 0 Å². The Kier molecular flexibility index (Phi) is 8.64. The molecule has 11 atom stereocenters. The van der Waals surface area contributed by atoms with Gasteiger partial charge in [-0.15, -0.1) is 0 Å². The van der Waals surface area contributed by atoms with E-state index in [4.69, 9.17) is 32.8 Å². The van der Waals surface area contributed by atoms with Gasteiger partial charge >= 0.3 is 0 Å². The fourth-order valence-corrected chi connectivity index (χ4v) is 5.74. The highest BCUT2D eigenvalue weighted by atomic mass is 16.7. The average molecular weight is 635 g/mol. The van der Waals surface area contributed by atoms with Crippen molar-refractivity contribution in [1.82, 2.24) is 0 Å². The quantitative estimate of drug-likeness (QED) is 0.175. The molecule has 15 heteroatoms. The third kappa shape index (κ3) is 5.82. The summed E-state index contributed by atoms with van der Waals surface area (Å²) in [6.07, 6.45) is -12.7. The third-order valence-electron chi connectivity index (χ3n) is 8.38. The molecule has 7 N–H and O–H groups in total. The highest BCUT2D eigenvalue weighted by Gasteiger charge is 2.53. The van der Waals surface area contributed by atoms with Crippen LogP contribution in [0.4, 0.5) is 0 Å². The molecule has 2 aromatic carbocycles. The molecule has 11 unspecified atom stereocenters. The summed E-state index contributed by atoms with van der Waals surface area (Å²) in [5.41, 5.74) is -0.296. The number of methoxy groups -OCH3 is 1. The first-order valence-corrected chi connectivity index (χ1v) is 14.3. The van der Waals surface area contributed by atoms with Crippen LogP contribution in [0.1, 0.15) is 6.92 Å². The second-order valence-corrected chi connectivity index (χ2v) is 11.3. The summed E-state index contributed by atoms with van der Waals surface area (Å²) in [5.74, 6) is -1.01. The van der Waals surface area contributed by atoms with Crippen LogP contribution in [0.3, 0.4) is 0 Å². The third-order valence-corrected chi connectivity index (χ3v) is 8.38. The van der Waals surface area contributed by atoms with Gasteiger partial charge in [0.1, 0.15) is 58.7 Å². The van der Waals surface area contributed by atoms with E-state index in [1.807, 2.05) is 0 Å². The molecular weight excluding hydrogens is 600 g/mol. The van der Waals surface area contributed by atoms with Crippen molar-refractivity contribution in [1.29, 1.82) is 0 Å². The fourth-order valence-electron chi connectivity index (χ4n) is 5.74. The van der Waals surface area contributed by atoms with Crippen LogP contribution in [0.15, 0.2) is 45.6 Å². The summed E-state index contributed by atoms with van der Waals surface area (Å²) in [7, 11) is 1.39. The first kappa shape index (κ1) is 31.5. The molecule has 1 aromatic heterocycles. The maximum Gasteiger partial charge on any atom is 0.229 e. The van der Waals surface area contributed by atoms with E-state index in [1.165, 1.54) is 32.2 Å². The van der Waals surface area contributed by atoms with E-state index in [9.17, 15) is 40.5 Å². The smallest absolute Gasteiger partial charge is 0.229 e. The minimum atomic E-state index is -1.58. The first-order chi connectivity index (χ1) is 21.5. The lowest BCUT2D eigenvalue weighted by molar-refractivity contribution is -0.307. The lowest BCUT2D eigenvalue weighted by atomic mass is 9.87. The highest BCUT2D eigenvalue weighted by molar-refractivity contribution is 5.86. The molecule has 0 saturated carbocycles. The van der Waals surface area contributed by atoms with E-state index in [1.54, 1.807) is 6.07 Å². The van der Waals surface area contributed by atoms with Crippen molar-refractivity contribution in [2.75, 3.05) is 20.3 Å². The van der Waals surface area contributed by atoms with Crippen LogP contribution in [0.25, 0.3) is 22.3 Å². The van der Waals surface area contributed by atoms with Gasteiger partial charge in [-0.1, -0.05) is 0 Å². The molecule has 244 valence electrons. The molecule has 45 heavy (non-hydrogen) atoms. The van der Waals surface area contributed by atoms with Crippen LogP contribution in [0.2, 0.25) is 0 Å². The summed E-state index contributed by atoms with van der Waals surface area (Å²) >= 11 is 0. The Morgan fingerprint density at radius 1 is 0.867 bits per heavy atom. The molecular formula is C30H34O15. The summed E-state index contributed by atoms with van der Waals surface area (Å²) in [6, 6.07) is 7.99. The van der Waals surface area contributed by atoms with Crippen LogP contribution in [0.5, 0.6) is 23.0 Å². The van der Waals surface area contributed by atoms with Gasteiger partial charge in [-0.2, -0.15) is 0 Å². The fraction of sp³-hybridized carbons (Fsp3) is 0.500. The molecule has 4 heterocycles. The zero-order chi connectivity index (χ0) is 32.2. The number of ether oxygens (including phenoxy) is 6. The highest BCUT2D eigenvalue weighted by Crippen LogP contribution is 2.38. The molecule has 15 nitrogen and oxygen atoms in total. The van der Waals surface area contributed by atoms with Gasteiger partial charge in [0, 0.05) is 29.7 Å². The van der Waals surface area contributed by atoms with Gasteiger partial charge in [0.15, 0.2) is 23.2 Å². The summed E-state index contributed by atoms with van der Waals surface area (Å²) in [5, 5.41) is 73.0. The minimum absolute atomic E-state index is 0.0759. The normalized spacial score (nSPS) is 34.9. The summed E-state index contributed by atoms with van der Waals surface area (Å²) in [6.45, 7) is 1.34. The van der Waals surface area contributed by atoms with Gasteiger partial charge in [-0.05, 0) is 25.1 Å². The Bertz CT molecular complexity index is 1590. The van der Waals surface area contributed by atoms with Crippen LogP contribution >= 0.6 is 0 Å². The largest absolute Gasteiger partial charge is 0.507 e. The Hall–Kier alpha value is -3.51. The number of aromatic hydroxyl groups is 2. The van der Waals surface area contributed by atoms with E-state index in [2.05, 4.69) is 0 Å². The average Bonchev–Trinajstić information content (AvgIpc) is 3.04. The standard InChI is InChI=1S/C30H34O15/c1-11-23(34)25(36)27(38)29(42-11)41-10-21-28-14(9-40-28)24(35)26(37)30(45-21)43-13-6-16(32)22-17(33)8-19(44-20(22)7-13)12-3-4-18(39-2)15(31)5-12/h3-8,11,14,21,23-32,34-38H,9-10H2,1-2H3. The second kappa shape index (κ2) is 12.4. The van der Waals surface area contributed by atoms with Gasteiger partial charge in [0.2, 0.25) is 6.29 Å². The van der Waals surface area contributed by atoms with Gasteiger partial charge in [0.05, 0.1) is 38.6 Å². The molecule has 3 aliphatic rings. The molecule has 3 aliphatic heterocycles. The van der Waals surface area contributed by atoms with Crippen LogP contribution < -0.4 is 14.9 Å². The molecule has 0 radical (unpaired) electrons. The molecule has 3 fully saturated rings. The maximum atomic E-state index is 12.9. The lowest BCUT2D eigenvalue weighted by Crippen LogP contribution is -2.58. The molecule has 3 aromatic rings. The molecule has 0 aliphatic carbocycles. The van der Waals surface area contributed by atoms with Crippen molar-refractivity contribution >= 4 is 11.0 Å². The number of aliphatic hydroxyl groups excluding tert-OH is 5. The number of aliphatic hydroxyl groups is 5. The Morgan fingerprint density at radius 2 is 1.62 bits per heavy atom. The van der Waals surface area contributed by atoms with Crippen molar-refractivity contribution in [2.45, 2.75) is 68.3 Å². The number of phenolic OH excluding ortho intramolecular Hbond substituents is 2. The zero-order valence-electron chi connectivity index (χ0n) is 24.1. The van der Waals surface area contributed by atoms with Gasteiger partial charge in [-0.3, -0.25) is 4.79 Å². The van der Waals surface area contributed by atoms with Crippen LogP contribution in [0, 0.1) is 5.92 Å². The Labute approximate surface area is 255 Å². The Balaban J connectivity index is 1.25. The van der Waals surface area contributed by atoms with E-state index in [0.717, 1.165) is 12.1 Å². The molecule has 0 bridgehead atoms. The first-order valence-electron chi connectivity index (χ1n) is 14.3.